The summed E-state index contributed by atoms with van der Waals surface area (Å²) in [5, 5.41) is 3.60. The van der Waals surface area contributed by atoms with Crippen LogP contribution in [0.25, 0.3) is 0 Å². The summed E-state index contributed by atoms with van der Waals surface area (Å²) in [7, 11) is 0. The van der Waals surface area contributed by atoms with Gasteiger partial charge in [-0.25, -0.2) is 0 Å². The predicted molar refractivity (Wildman–Crippen MR) is 102 cm³/mol. The van der Waals surface area contributed by atoms with Crippen molar-refractivity contribution < 1.29 is 0 Å². The van der Waals surface area contributed by atoms with Gasteiger partial charge < -0.3 is 5.32 Å². The first-order valence-corrected chi connectivity index (χ1v) is 9.16. The molecule has 1 aliphatic rings. The third-order valence-corrected chi connectivity index (χ3v) is 4.97. The van der Waals surface area contributed by atoms with Crippen LogP contribution in [-0.2, 0) is 13.1 Å². The van der Waals surface area contributed by atoms with E-state index in [1.54, 1.807) is 0 Å². The van der Waals surface area contributed by atoms with Crippen LogP contribution in [0.4, 0.5) is 0 Å². The molecule has 1 fully saturated rings. The van der Waals surface area contributed by atoms with Gasteiger partial charge in [-0.1, -0.05) is 55.0 Å². The second kappa shape index (κ2) is 8.46. The number of piperidine rings is 1. The van der Waals surface area contributed by atoms with E-state index < -0.39 is 0 Å². The Kier molecular flexibility index (Phi) is 6.06. The zero-order valence-corrected chi connectivity index (χ0v) is 14.8. The van der Waals surface area contributed by atoms with Gasteiger partial charge in [0.15, 0.2) is 0 Å². The fourth-order valence-corrected chi connectivity index (χ4v) is 3.33. The SMILES string of the molecule is [CH2]c1ccc(CNC(C)c2ccc(CN3CCCCC3)cc2)cc1. The van der Waals surface area contributed by atoms with Crippen LogP contribution in [0.5, 0.6) is 0 Å². The summed E-state index contributed by atoms with van der Waals surface area (Å²) < 4.78 is 0. The maximum atomic E-state index is 3.93. The first-order chi connectivity index (χ1) is 11.7. The molecule has 0 amide bonds. The molecule has 0 aromatic heterocycles. The van der Waals surface area contributed by atoms with E-state index in [1.165, 1.54) is 49.0 Å². The molecular weight excluding hydrogens is 292 g/mol. The summed E-state index contributed by atoms with van der Waals surface area (Å²) in [6.45, 7) is 10.7. The summed E-state index contributed by atoms with van der Waals surface area (Å²) in [5.41, 5.74) is 5.15. The van der Waals surface area contributed by atoms with Gasteiger partial charge in [0.2, 0.25) is 0 Å². The average molecular weight is 321 g/mol. The average Bonchev–Trinajstić information content (AvgIpc) is 2.62. The number of nitrogens with one attached hydrogen (secondary N) is 1. The van der Waals surface area contributed by atoms with Gasteiger partial charge in [-0.2, -0.15) is 0 Å². The van der Waals surface area contributed by atoms with Crippen molar-refractivity contribution in [2.45, 2.75) is 45.3 Å². The van der Waals surface area contributed by atoms with Crippen LogP contribution in [0, 0.1) is 6.92 Å². The topological polar surface area (TPSA) is 15.3 Å². The Balaban J connectivity index is 1.51. The monoisotopic (exact) mass is 321 g/mol. The van der Waals surface area contributed by atoms with Crippen LogP contribution in [-0.4, -0.2) is 18.0 Å². The molecular formula is C22H29N2. The molecule has 1 atom stereocenters. The van der Waals surface area contributed by atoms with Gasteiger partial charge in [0.1, 0.15) is 0 Å². The molecule has 2 nitrogen and oxygen atoms in total. The van der Waals surface area contributed by atoms with Crippen LogP contribution >= 0.6 is 0 Å². The fraction of sp³-hybridized carbons (Fsp3) is 0.409. The van der Waals surface area contributed by atoms with Crippen molar-refractivity contribution in [1.82, 2.24) is 10.2 Å². The van der Waals surface area contributed by atoms with E-state index in [0.717, 1.165) is 18.7 Å². The lowest BCUT2D eigenvalue weighted by Gasteiger charge is -2.26. The van der Waals surface area contributed by atoms with E-state index in [2.05, 4.69) is 72.6 Å². The Morgan fingerprint density at radius 2 is 1.54 bits per heavy atom. The first kappa shape index (κ1) is 17.2. The quantitative estimate of drug-likeness (QED) is 0.829. The number of hydrogen-bond acceptors (Lipinski definition) is 2. The number of hydrogen-bond donors (Lipinski definition) is 1. The second-order valence-corrected chi connectivity index (χ2v) is 7.00. The molecule has 1 N–H and O–H groups in total. The van der Waals surface area contributed by atoms with E-state index >= 15 is 0 Å². The van der Waals surface area contributed by atoms with Crippen LogP contribution in [0.3, 0.4) is 0 Å². The van der Waals surface area contributed by atoms with E-state index in [4.69, 9.17) is 0 Å². The minimum Gasteiger partial charge on any atom is -0.306 e. The summed E-state index contributed by atoms with van der Waals surface area (Å²) in [4.78, 5) is 2.58. The molecule has 24 heavy (non-hydrogen) atoms. The molecule has 2 aromatic rings. The van der Waals surface area contributed by atoms with Crippen molar-refractivity contribution in [3.05, 3.63) is 77.7 Å². The number of rotatable bonds is 6. The maximum absolute atomic E-state index is 3.93. The van der Waals surface area contributed by atoms with Crippen LogP contribution in [0.1, 0.15) is 54.5 Å². The highest BCUT2D eigenvalue weighted by molar-refractivity contribution is 5.26. The third kappa shape index (κ3) is 4.93. The number of benzene rings is 2. The Labute approximate surface area is 146 Å². The van der Waals surface area contributed by atoms with Gasteiger partial charge in [0.05, 0.1) is 0 Å². The Morgan fingerprint density at radius 1 is 0.917 bits per heavy atom. The first-order valence-electron chi connectivity index (χ1n) is 9.16. The Bertz CT molecular complexity index is 609. The molecule has 0 aliphatic carbocycles. The molecule has 127 valence electrons. The normalized spacial score (nSPS) is 16.9. The van der Waals surface area contributed by atoms with E-state index in [0.29, 0.717) is 6.04 Å². The van der Waals surface area contributed by atoms with Crippen LogP contribution in [0.15, 0.2) is 48.5 Å². The van der Waals surface area contributed by atoms with E-state index in [1.807, 2.05) is 0 Å². The van der Waals surface area contributed by atoms with Gasteiger partial charge in [0.25, 0.3) is 0 Å². The minimum atomic E-state index is 0.355. The molecule has 0 bridgehead atoms. The smallest absolute Gasteiger partial charge is 0.0294 e. The van der Waals surface area contributed by atoms with E-state index in [-0.39, 0.29) is 0 Å². The molecule has 2 heteroatoms. The zero-order chi connectivity index (χ0) is 16.8. The predicted octanol–water partition coefficient (Wildman–Crippen LogP) is 4.71. The highest BCUT2D eigenvalue weighted by Crippen LogP contribution is 2.17. The lowest BCUT2D eigenvalue weighted by molar-refractivity contribution is 0.221. The second-order valence-electron chi connectivity index (χ2n) is 7.00. The van der Waals surface area contributed by atoms with Gasteiger partial charge >= 0.3 is 0 Å². The molecule has 1 radical (unpaired) electrons. The molecule has 2 aromatic carbocycles. The van der Waals surface area contributed by atoms with Crippen molar-refractivity contribution in [2.24, 2.45) is 0 Å². The largest absolute Gasteiger partial charge is 0.306 e. The van der Waals surface area contributed by atoms with Gasteiger partial charge in [-0.3, -0.25) is 4.90 Å². The lowest BCUT2D eigenvalue weighted by Crippen LogP contribution is -2.29. The summed E-state index contributed by atoms with van der Waals surface area (Å²) in [6, 6.07) is 17.9. The van der Waals surface area contributed by atoms with Crippen molar-refractivity contribution >= 4 is 0 Å². The van der Waals surface area contributed by atoms with E-state index in [9.17, 15) is 0 Å². The van der Waals surface area contributed by atoms with Crippen molar-refractivity contribution in [2.75, 3.05) is 13.1 Å². The van der Waals surface area contributed by atoms with Gasteiger partial charge in [-0.15, -0.1) is 0 Å². The zero-order valence-electron chi connectivity index (χ0n) is 14.8. The van der Waals surface area contributed by atoms with Crippen molar-refractivity contribution in [1.29, 1.82) is 0 Å². The van der Waals surface area contributed by atoms with Gasteiger partial charge in [-0.05, 0) is 62.0 Å². The fourth-order valence-electron chi connectivity index (χ4n) is 3.33. The molecule has 3 rings (SSSR count). The van der Waals surface area contributed by atoms with Crippen molar-refractivity contribution in [3.63, 3.8) is 0 Å². The minimum absolute atomic E-state index is 0.355. The summed E-state index contributed by atoms with van der Waals surface area (Å²) in [6.07, 6.45) is 4.11. The Hall–Kier alpha value is -1.64. The molecule has 0 spiro atoms. The van der Waals surface area contributed by atoms with Crippen LogP contribution in [0.2, 0.25) is 0 Å². The third-order valence-electron chi connectivity index (χ3n) is 4.97. The highest BCUT2D eigenvalue weighted by Gasteiger charge is 2.11. The highest BCUT2D eigenvalue weighted by atomic mass is 15.1. The van der Waals surface area contributed by atoms with Gasteiger partial charge in [0, 0.05) is 19.1 Å². The molecule has 1 saturated heterocycles. The van der Waals surface area contributed by atoms with Crippen LogP contribution < -0.4 is 5.32 Å². The molecule has 1 heterocycles. The number of nitrogens with zero attached hydrogens (tertiary/aromatic N) is 1. The standard InChI is InChI=1S/C22H29N2/c1-18-6-8-20(9-7-18)16-23-19(2)22-12-10-21(11-13-22)17-24-14-4-3-5-15-24/h6-13,19,23H,1,3-5,14-17H2,2H3. The lowest BCUT2D eigenvalue weighted by atomic mass is 10.0. The molecule has 1 aliphatic heterocycles. The number of likely N-dealkylation sites (tertiary alicyclic amines) is 1. The molecule has 0 saturated carbocycles. The Morgan fingerprint density at radius 3 is 2.21 bits per heavy atom. The molecule has 1 unspecified atom stereocenters. The van der Waals surface area contributed by atoms with Crippen molar-refractivity contribution in [3.8, 4) is 0 Å². The summed E-state index contributed by atoms with van der Waals surface area (Å²) in [5.74, 6) is 0. The summed E-state index contributed by atoms with van der Waals surface area (Å²) >= 11 is 0. The maximum Gasteiger partial charge on any atom is 0.0294 e.